The Morgan fingerprint density at radius 1 is 0.763 bits per heavy atom. The van der Waals surface area contributed by atoms with Crippen LogP contribution in [0.5, 0.6) is 5.75 Å². The molecule has 1 N–H and O–H groups in total. The third-order valence-electron chi connectivity index (χ3n) is 7.33. The number of hydrogen-bond donors (Lipinski definition) is 1. The highest BCUT2D eigenvalue weighted by Crippen LogP contribution is 2.28. The quantitative estimate of drug-likeness (QED) is 0.507. The van der Waals surface area contributed by atoms with Gasteiger partial charge in [-0.15, -0.1) is 11.3 Å². The fourth-order valence-electron chi connectivity index (χ4n) is 5.11. The monoisotopic (exact) mass is 535 g/mol. The van der Waals surface area contributed by atoms with Gasteiger partial charge < -0.3 is 24.3 Å². The minimum atomic E-state index is -0.133. The predicted octanol–water partition coefficient (Wildman–Crippen LogP) is 3.56. The van der Waals surface area contributed by atoms with Crippen LogP contribution in [0.2, 0.25) is 0 Å². The van der Waals surface area contributed by atoms with Crippen molar-refractivity contribution in [2.75, 3.05) is 79.5 Å². The highest BCUT2D eigenvalue weighted by Gasteiger charge is 2.27. The molecule has 200 valence electrons. The third-order valence-corrected chi connectivity index (χ3v) is 8.09. The minimum absolute atomic E-state index is 0.133. The molecule has 5 heterocycles. The molecule has 3 fully saturated rings. The number of ether oxygens (including phenoxy) is 1. The van der Waals surface area contributed by atoms with Crippen LogP contribution in [-0.2, 0) is 0 Å². The number of amides is 2. The van der Waals surface area contributed by atoms with Gasteiger partial charge in [0.15, 0.2) is 5.13 Å². The summed E-state index contributed by atoms with van der Waals surface area (Å²) in [4.78, 5) is 40.7. The molecule has 3 aromatic rings. The molecule has 0 atom stereocenters. The topological polar surface area (TPSA) is 103 Å². The number of carbonyl (C=O) groups is 1. The molecule has 0 spiro atoms. The number of rotatable bonds is 6. The Labute approximate surface area is 226 Å². The summed E-state index contributed by atoms with van der Waals surface area (Å²) in [7, 11) is 1.65. The second-order valence-corrected chi connectivity index (χ2v) is 10.7. The molecule has 1 aromatic carbocycles. The molecular formula is C26H33N9O2S. The lowest BCUT2D eigenvalue weighted by atomic mass is 10.2. The standard InChI is InChI=1S/C26H33N9O2S/c1-37-20-8-6-19(7-9-20)21-18-38-25(27-21)31-26(36)35-16-14-34(15-17-35)24-29-22(32-10-2-3-11-32)28-23(30-24)33-12-4-5-13-33/h6-9,18H,2-5,10-17H2,1H3,(H,27,31,36). The van der Waals surface area contributed by atoms with E-state index in [0.29, 0.717) is 37.3 Å². The van der Waals surface area contributed by atoms with Gasteiger partial charge in [-0.25, -0.2) is 9.78 Å². The Morgan fingerprint density at radius 2 is 1.29 bits per heavy atom. The van der Waals surface area contributed by atoms with Crippen LogP contribution in [0.4, 0.5) is 27.8 Å². The molecule has 3 aliphatic heterocycles. The Hall–Kier alpha value is -3.67. The van der Waals surface area contributed by atoms with Gasteiger partial charge in [-0.1, -0.05) is 0 Å². The predicted molar refractivity (Wildman–Crippen MR) is 150 cm³/mol. The molecule has 2 amide bonds. The van der Waals surface area contributed by atoms with Gasteiger partial charge in [0.25, 0.3) is 0 Å². The number of hydrogen-bond acceptors (Lipinski definition) is 10. The molecule has 2 aromatic heterocycles. The molecule has 12 heteroatoms. The molecule has 11 nitrogen and oxygen atoms in total. The molecule has 0 saturated carbocycles. The van der Waals surface area contributed by atoms with Gasteiger partial charge in [0.2, 0.25) is 17.8 Å². The zero-order chi connectivity index (χ0) is 25.9. The first-order valence-electron chi connectivity index (χ1n) is 13.3. The van der Waals surface area contributed by atoms with Crippen LogP contribution < -0.4 is 24.8 Å². The molecule has 3 saturated heterocycles. The van der Waals surface area contributed by atoms with Crippen LogP contribution in [0.15, 0.2) is 29.6 Å². The van der Waals surface area contributed by atoms with Crippen LogP contribution in [0.3, 0.4) is 0 Å². The zero-order valence-electron chi connectivity index (χ0n) is 21.7. The summed E-state index contributed by atoms with van der Waals surface area (Å²) in [5.41, 5.74) is 1.81. The van der Waals surface area contributed by atoms with E-state index in [0.717, 1.165) is 55.1 Å². The fourth-order valence-corrected chi connectivity index (χ4v) is 5.82. The number of thiazole rings is 1. The number of urea groups is 1. The lowest BCUT2D eigenvalue weighted by Gasteiger charge is -2.35. The summed E-state index contributed by atoms with van der Waals surface area (Å²) in [6.45, 7) is 6.50. The first kappa shape index (κ1) is 24.7. The maximum atomic E-state index is 13.0. The molecule has 6 rings (SSSR count). The summed E-state index contributed by atoms with van der Waals surface area (Å²) < 4.78 is 5.22. The smallest absolute Gasteiger partial charge is 0.323 e. The number of carbonyl (C=O) groups excluding carboxylic acids is 1. The molecular weight excluding hydrogens is 502 g/mol. The number of nitrogens with one attached hydrogen (secondary N) is 1. The minimum Gasteiger partial charge on any atom is -0.497 e. The SMILES string of the molecule is COc1ccc(-c2csc(NC(=O)N3CCN(c4nc(N5CCCC5)nc(N5CCCC5)n4)CC3)n2)cc1. The van der Waals surface area contributed by atoms with Gasteiger partial charge in [0, 0.05) is 63.3 Å². The Balaban J connectivity index is 1.09. The third kappa shape index (κ3) is 5.31. The van der Waals surface area contributed by atoms with Crippen LogP contribution in [0.1, 0.15) is 25.7 Å². The average Bonchev–Trinajstić information content (AvgIpc) is 3.76. The molecule has 0 unspecified atom stereocenters. The maximum absolute atomic E-state index is 13.0. The Morgan fingerprint density at radius 3 is 1.82 bits per heavy atom. The number of anilines is 4. The fraction of sp³-hybridized carbons (Fsp3) is 0.500. The van der Waals surface area contributed by atoms with Crippen molar-refractivity contribution in [1.82, 2.24) is 24.8 Å². The molecule has 38 heavy (non-hydrogen) atoms. The first-order chi connectivity index (χ1) is 18.7. The highest BCUT2D eigenvalue weighted by atomic mass is 32.1. The van der Waals surface area contributed by atoms with E-state index in [4.69, 9.17) is 19.7 Å². The number of methoxy groups -OCH3 is 1. The molecule has 0 radical (unpaired) electrons. The van der Waals surface area contributed by atoms with Crippen molar-refractivity contribution < 1.29 is 9.53 Å². The summed E-state index contributed by atoms with van der Waals surface area (Å²) in [5.74, 6) is 3.08. The maximum Gasteiger partial charge on any atom is 0.323 e. The zero-order valence-corrected chi connectivity index (χ0v) is 22.5. The van der Waals surface area contributed by atoms with E-state index in [1.54, 1.807) is 7.11 Å². The van der Waals surface area contributed by atoms with E-state index in [-0.39, 0.29) is 6.03 Å². The van der Waals surface area contributed by atoms with Gasteiger partial charge in [-0.05, 0) is 49.9 Å². The van der Waals surface area contributed by atoms with Crippen molar-refractivity contribution in [2.24, 2.45) is 0 Å². The lowest BCUT2D eigenvalue weighted by molar-refractivity contribution is 0.208. The van der Waals surface area contributed by atoms with Crippen molar-refractivity contribution >= 4 is 40.3 Å². The summed E-state index contributed by atoms with van der Waals surface area (Å²) in [6, 6.07) is 7.60. The molecule has 3 aliphatic rings. The van der Waals surface area contributed by atoms with E-state index < -0.39 is 0 Å². The van der Waals surface area contributed by atoms with E-state index in [1.165, 1.54) is 37.0 Å². The second kappa shape index (κ2) is 11.0. The molecule has 0 aliphatic carbocycles. The summed E-state index contributed by atoms with van der Waals surface area (Å²) in [5, 5.41) is 5.51. The normalized spacial score (nSPS) is 17.8. The number of piperazine rings is 1. The van der Waals surface area contributed by atoms with Crippen LogP contribution in [-0.4, -0.2) is 90.3 Å². The van der Waals surface area contributed by atoms with Crippen molar-refractivity contribution in [2.45, 2.75) is 25.7 Å². The number of aromatic nitrogens is 4. The Bertz CT molecular complexity index is 1210. The second-order valence-electron chi connectivity index (χ2n) is 9.79. The van der Waals surface area contributed by atoms with Gasteiger partial charge >= 0.3 is 6.03 Å². The van der Waals surface area contributed by atoms with Crippen molar-refractivity contribution in [3.63, 3.8) is 0 Å². The summed E-state index contributed by atoms with van der Waals surface area (Å²) >= 11 is 1.42. The van der Waals surface area contributed by atoms with E-state index in [9.17, 15) is 4.79 Å². The molecule has 0 bridgehead atoms. The van der Waals surface area contributed by atoms with Gasteiger partial charge in [-0.3, -0.25) is 5.32 Å². The van der Waals surface area contributed by atoms with E-state index in [1.807, 2.05) is 34.5 Å². The number of benzene rings is 1. The Kier molecular flexibility index (Phi) is 7.12. The van der Waals surface area contributed by atoms with Crippen LogP contribution in [0, 0.1) is 0 Å². The lowest BCUT2D eigenvalue weighted by Crippen LogP contribution is -2.50. The van der Waals surface area contributed by atoms with Crippen molar-refractivity contribution in [3.8, 4) is 17.0 Å². The average molecular weight is 536 g/mol. The van der Waals surface area contributed by atoms with Crippen LogP contribution >= 0.6 is 11.3 Å². The number of nitrogens with zero attached hydrogens (tertiary/aromatic N) is 8. The van der Waals surface area contributed by atoms with Crippen molar-refractivity contribution in [1.29, 1.82) is 0 Å². The van der Waals surface area contributed by atoms with Crippen LogP contribution in [0.25, 0.3) is 11.3 Å². The van der Waals surface area contributed by atoms with Gasteiger partial charge in [0.05, 0.1) is 12.8 Å². The van der Waals surface area contributed by atoms with Gasteiger partial charge in [0.1, 0.15) is 5.75 Å². The van der Waals surface area contributed by atoms with Crippen molar-refractivity contribution in [3.05, 3.63) is 29.6 Å². The summed E-state index contributed by atoms with van der Waals surface area (Å²) in [6.07, 6.45) is 4.70. The first-order valence-corrected chi connectivity index (χ1v) is 14.2. The van der Waals surface area contributed by atoms with E-state index in [2.05, 4.69) is 25.0 Å². The highest BCUT2D eigenvalue weighted by molar-refractivity contribution is 7.14. The largest absolute Gasteiger partial charge is 0.497 e. The van der Waals surface area contributed by atoms with Gasteiger partial charge in [-0.2, -0.15) is 15.0 Å². The van der Waals surface area contributed by atoms with E-state index >= 15 is 0 Å².